The Bertz CT molecular complexity index is 595. The normalized spacial score (nSPS) is 10.8. The van der Waals surface area contributed by atoms with Gasteiger partial charge in [0.1, 0.15) is 5.69 Å². The summed E-state index contributed by atoms with van der Waals surface area (Å²) in [6.07, 6.45) is 1.53. The van der Waals surface area contributed by atoms with Gasteiger partial charge in [-0.25, -0.2) is 9.37 Å². The van der Waals surface area contributed by atoms with E-state index in [4.69, 9.17) is 4.74 Å². The second-order valence-corrected chi connectivity index (χ2v) is 4.35. The highest BCUT2D eigenvalue weighted by Crippen LogP contribution is 2.29. The highest BCUT2D eigenvalue weighted by Gasteiger charge is 2.16. The fourth-order valence-electron chi connectivity index (χ4n) is 1.86. The lowest BCUT2D eigenvalue weighted by Gasteiger charge is -2.08. The van der Waals surface area contributed by atoms with Crippen molar-refractivity contribution in [2.45, 2.75) is 20.4 Å². The van der Waals surface area contributed by atoms with E-state index in [2.05, 4.69) is 15.4 Å². The number of ether oxygens (including phenoxy) is 1. The number of halogens is 1. The van der Waals surface area contributed by atoms with Crippen LogP contribution in [0.15, 0.2) is 12.3 Å². The molecule has 0 amide bonds. The number of rotatable bonds is 4. The molecule has 102 valence electrons. The second kappa shape index (κ2) is 5.36. The molecule has 0 aromatic carbocycles. The molecule has 19 heavy (non-hydrogen) atoms. The Hall–Kier alpha value is -1.95. The van der Waals surface area contributed by atoms with E-state index in [1.165, 1.54) is 6.20 Å². The number of hydrogen-bond acceptors (Lipinski definition) is 4. The van der Waals surface area contributed by atoms with Gasteiger partial charge in [-0.1, -0.05) is 0 Å². The Morgan fingerprint density at radius 1 is 1.42 bits per heavy atom. The van der Waals surface area contributed by atoms with E-state index in [0.717, 1.165) is 5.69 Å². The Balaban J connectivity index is 2.36. The zero-order chi connectivity index (χ0) is 14.0. The molecule has 0 saturated carbocycles. The maximum Gasteiger partial charge on any atom is 0.256 e. The first-order valence-electron chi connectivity index (χ1n) is 6.00. The molecule has 1 N–H and O–H groups in total. The van der Waals surface area contributed by atoms with Crippen LogP contribution in [0.1, 0.15) is 17.0 Å². The number of nitrogens with one attached hydrogen (secondary N) is 1. The first kappa shape index (κ1) is 13.5. The van der Waals surface area contributed by atoms with Crippen LogP contribution in [0, 0.1) is 19.7 Å². The van der Waals surface area contributed by atoms with E-state index in [-0.39, 0.29) is 5.88 Å². The third-order valence-electron chi connectivity index (χ3n) is 2.95. The van der Waals surface area contributed by atoms with Crippen molar-refractivity contribution in [1.82, 2.24) is 20.1 Å². The maximum absolute atomic E-state index is 14.2. The Kier molecular flexibility index (Phi) is 3.80. The minimum atomic E-state index is -0.445. The molecule has 0 fully saturated rings. The van der Waals surface area contributed by atoms with E-state index in [9.17, 15) is 4.39 Å². The first-order valence-corrected chi connectivity index (χ1v) is 6.00. The summed E-state index contributed by atoms with van der Waals surface area (Å²) in [5, 5.41) is 7.13. The predicted octanol–water partition coefficient (Wildman–Crippen LogP) is 2.08. The maximum atomic E-state index is 14.2. The van der Waals surface area contributed by atoms with Gasteiger partial charge in [0.2, 0.25) is 0 Å². The van der Waals surface area contributed by atoms with Crippen LogP contribution >= 0.6 is 0 Å². The van der Waals surface area contributed by atoms with E-state index < -0.39 is 5.82 Å². The van der Waals surface area contributed by atoms with Crippen LogP contribution in [0.25, 0.3) is 0 Å². The lowest BCUT2D eigenvalue weighted by molar-refractivity contribution is 0.413. The van der Waals surface area contributed by atoms with Crippen LogP contribution in [-0.2, 0) is 13.6 Å². The van der Waals surface area contributed by atoms with Crippen molar-refractivity contribution in [3.63, 3.8) is 0 Å². The van der Waals surface area contributed by atoms with Crippen LogP contribution in [-0.4, -0.2) is 21.8 Å². The van der Waals surface area contributed by atoms with Crippen LogP contribution in [0.4, 0.5) is 4.39 Å². The minimum Gasteiger partial charge on any atom is -0.433 e. The molecule has 0 aliphatic carbocycles. The standard InChI is InChI=1S/C13H17FN4O/c1-8-12(9(2)18(4)17-8)19-13-11(14)10(7-15-3)5-6-16-13/h5-6,15H,7H2,1-4H3. The van der Waals surface area contributed by atoms with Crippen LogP contribution in [0.3, 0.4) is 0 Å². The molecule has 2 heterocycles. The zero-order valence-electron chi connectivity index (χ0n) is 11.5. The zero-order valence-corrected chi connectivity index (χ0v) is 11.5. The molecule has 2 aromatic heterocycles. The number of nitrogens with zero attached hydrogens (tertiary/aromatic N) is 3. The van der Waals surface area contributed by atoms with Gasteiger partial charge in [-0.3, -0.25) is 4.68 Å². The average molecular weight is 264 g/mol. The summed E-state index contributed by atoms with van der Waals surface area (Å²) in [5.41, 5.74) is 2.06. The molecule has 0 unspecified atom stereocenters. The molecule has 5 nitrogen and oxygen atoms in total. The van der Waals surface area contributed by atoms with Gasteiger partial charge in [-0.15, -0.1) is 0 Å². The van der Waals surface area contributed by atoms with Crippen molar-refractivity contribution in [2.75, 3.05) is 7.05 Å². The molecular weight excluding hydrogens is 247 g/mol. The fraction of sp³-hybridized carbons (Fsp3) is 0.385. The summed E-state index contributed by atoms with van der Waals surface area (Å²) in [7, 11) is 3.58. The topological polar surface area (TPSA) is 52.0 Å². The van der Waals surface area contributed by atoms with Gasteiger partial charge < -0.3 is 10.1 Å². The highest BCUT2D eigenvalue weighted by molar-refractivity contribution is 5.36. The number of aromatic nitrogens is 3. The minimum absolute atomic E-state index is 0.0213. The van der Waals surface area contributed by atoms with Crippen LogP contribution in [0.2, 0.25) is 0 Å². The van der Waals surface area contributed by atoms with E-state index in [1.54, 1.807) is 17.8 Å². The summed E-state index contributed by atoms with van der Waals surface area (Å²) < 4.78 is 21.4. The van der Waals surface area contributed by atoms with Crippen LogP contribution in [0.5, 0.6) is 11.6 Å². The van der Waals surface area contributed by atoms with E-state index in [0.29, 0.717) is 23.6 Å². The van der Waals surface area contributed by atoms with Gasteiger partial charge >= 0.3 is 0 Å². The van der Waals surface area contributed by atoms with Gasteiger partial charge in [-0.05, 0) is 27.0 Å². The average Bonchev–Trinajstić information content (AvgIpc) is 2.61. The molecule has 2 aromatic rings. The smallest absolute Gasteiger partial charge is 0.256 e. The lowest BCUT2D eigenvalue weighted by Crippen LogP contribution is -2.08. The Morgan fingerprint density at radius 2 is 2.16 bits per heavy atom. The highest BCUT2D eigenvalue weighted by atomic mass is 19.1. The largest absolute Gasteiger partial charge is 0.433 e. The van der Waals surface area contributed by atoms with Gasteiger partial charge in [0.25, 0.3) is 5.88 Å². The third kappa shape index (κ3) is 2.58. The van der Waals surface area contributed by atoms with E-state index >= 15 is 0 Å². The van der Waals surface area contributed by atoms with Crippen molar-refractivity contribution in [2.24, 2.45) is 7.05 Å². The molecule has 6 heteroatoms. The number of pyridine rings is 1. The molecule has 0 radical (unpaired) electrons. The van der Waals surface area contributed by atoms with Crippen molar-refractivity contribution in [1.29, 1.82) is 0 Å². The van der Waals surface area contributed by atoms with Crippen molar-refractivity contribution < 1.29 is 9.13 Å². The summed E-state index contributed by atoms with van der Waals surface area (Å²) in [4.78, 5) is 3.95. The second-order valence-electron chi connectivity index (χ2n) is 4.35. The summed E-state index contributed by atoms with van der Waals surface area (Å²) >= 11 is 0. The van der Waals surface area contributed by atoms with Crippen molar-refractivity contribution >= 4 is 0 Å². The van der Waals surface area contributed by atoms with Gasteiger partial charge in [0.05, 0.1) is 5.69 Å². The van der Waals surface area contributed by atoms with E-state index in [1.807, 2.05) is 20.9 Å². The molecule has 0 aliphatic heterocycles. The molecule has 0 saturated heterocycles. The third-order valence-corrected chi connectivity index (χ3v) is 2.95. The summed E-state index contributed by atoms with van der Waals surface area (Å²) in [6, 6.07) is 1.63. The Morgan fingerprint density at radius 3 is 2.74 bits per heavy atom. The first-order chi connectivity index (χ1) is 9.04. The predicted molar refractivity (Wildman–Crippen MR) is 69.7 cm³/mol. The van der Waals surface area contributed by atoms with Crippen molar-refractivity contribution in [3.05, 3.63) is 35.0 Å². The molecule has 0 spiro atoms. The molecule has 0 bridgehead atoms. The van der Waals surface area contributed by atoms with Crippen LogP contribution < -0.4 is 10.1 Å². The molecule has 2 rings (SSSR count). The monoisotopic (exact) mass is 264 g/mol. The number of aryl methyl sites for hydroxylation is 2. The molecular formula is C13H17FN4O. The Labute approximate surface area is 111 Å². The van der Waals surface area contributed by atoms with Gasteiger partial charge in [0.15, 0.2) is 11.6 Å². The quantitative estimate of drug-likeness (QED) is 0.918. The van der Waals surface area contributed by atoms with Gasteiger partial charge in [0, 0.05) is 25.4 Å². The molecule has 0 atom stereocenters. The van der Waals surface area contributed by atoms with Gasteiger partial charge in [-0.2, -0.15) is 5.10 Å². The number of hydrogen-bond donors (Lipinski definition) is 1. The summed E-state index contributed by atoms with van der Waals surface area (Å²) in [5.74, 6) is 0.0851. The lowest BCUT2D eigenvalue weighted by atomic mass is 10.2. The SMILES string of the molecule is CNCc1ccnc(Oc2c(C)nn(C)c2C)c1F. The van der Waals surface area contributed by atoms with Crippen molar-refractivity contribution in [3.8, 4) is 11.6 Å². The fourth-order valence-corrected chi connectivity index (χ4v) is 1.86. The molecule has 0 aliphatic rings. The summed E-state index contributed by atoms with van der Waals surface area (Å²) in [6.45, 7) is 4.11.